The van der Waals surface area contributed by atoms with Crippen LogP contribution in [0.1, 0.15) is 0 Å². The van der Waals surface area contributed by atoms with Crippen LogP contribution in [0.5, 0.6) is 0 Å². The lowest BCUT2D eigenvalue weighted by atomic mass is 10.3. The largest absolute Gasteiger partial charge is 0.619 e. The number of aromatic amines is 1. The molecule has 22 heavy (non-hydrogen) atoms. The number of imidazole rings is 2. The van der Waals surface area contributed by atoms with Gasteiger partial charge in [0.1, 0.15) is 12.2 Å². The van der Waals surface area contributed by atoms with Crippen molar-refractivity contribution in [2.75, 3.05) is 0 Å². The van der Waals surface area contributed by atoms with Crippen LogP contribution in [0.15, 0.2) is 42.5 Å². The van der Waals surface area contributed by atoms with Crippen LogP contribution in [-0.2, 0) is 0 Å². The van der Waals surface area contributed by atoms with Crippen LogP contribution >= 0.6 is 0 Å². The maximum atomic E-state index is 11.3. The monoisotopic (exact) mass is 293 g/mol. The van der Waals surface area contributed by atoms with E-state index in [0.717, 1.165) is 15.8 Å². The number of nitrogens with zero attached hydrogens (tertiary/aromatic N) is 4. The predicted octanol–water partition coefficient (Wildman–Crippen LogP) is 2.66. The Morgan fingerprint density at radius 3 is 2.73 bits per heavy atom. The van der Waals surface area contributed by atoms with Crippen molar-refractivity contribution in [3.63, 3.8) is 0 Å². The highest BCUT2D eigenvalue weighted by Crippen LogP contribution is 2.26. The normalized spacial score (nSPS) is 11.3. The molecule has 0 unspecified atom stereocenters. The van der Waals surface area contributed by atoms with Gasteiger partial charge in [0, 0.05) is 12.1 Å². The zero-order valence-corrected chi connectivity index (χ0v) is 11.4. The molecule has 4 aromatic rings. The standard InChI is InChI=1S/C15H11N5O2/c1-19(21)9-6-7-12-13(8-9)20(22)15(18-12)14-16-10-4-2-3-5-11(10)17-14/h2-8,22H,1H2,(H,16,17). The number of benzene rings is 2. The van der Waals surface area contributed by atoms with Gasteiger partial charge in [0.2, 0.25) is 11.5 Å². The van der Waals surface area contributed by atoms with E-state index in [9.17, 15) is 10.4 Å². The number of hydrogen-bond acceptors (Lipinski definition) is 4. The molecule has 108 valence electrons. The number of rotatable bonds is 2. The third-order valence-corrected chi connectivity index (χ3v) is 3.50. The summed E-state index contributed by atoms with van der Waals surface area (Å²) in [4.78, 5) is 11.9. The molecule has 7 heteroatoms. The van der Waals surface area contributed by atoms with Crippen molar-refractivity contribution >= 4 is 34.5 Å². The van der Waals surface area contributed by atoms with Crippen LogP contribution < -0.4 is 0 Å². The molecule has 2 heterocycles. The van der Waals surface area contributed by atoms with Crippen LogP contribution in [0.25, 0.3) is 33.7 Å². The Hall–Kier alpha value is -3.35. The number of nitrogens with one attached hydrogen (secondary N) is 1. The Morgan fingerprint density at radius 1 is 1.14 bits per heavy atom. The summed E-state index contributed by atoms with van der Waals surface area (Å²) in [5.41, 5.74) is 2.95. The van der Waals surface area contributed by atoms with Gasteiger partial charge in [0.25, 0.3) is 0 Å². The van der Waals surface area contributed by atoms with Gasteiger partial charge < -0.3 is 15.4 Å². The molecule has 0 atom stereocenters. The van der Waals surface area contributed by atoms with Gasteiger partial charge in [-0.1, -0.05) is 12.1 Å². The molecule has 0 radical (unpaired) electrons. The molecule has 0 saturated carbocycles. The van der Waals surface area contributed by atoms with Gasteiger partial charge in [0.05, 0.1) is 16.6 Å². The third kappa shape index (κ3) is 1.72. The first-order valence-corrected chi connectivity index (χ1v) is 6.58. The fourth-order valence-corrected chi connectivity index (χ4v) is 2.42. The van der Waals surface area contributed by atoms with E-state index in [1.165, 1.54) is 6.07 Å². The van der Waals surface area contributed by atoms with E-state index in [1.54, 1.807) is 12.1 Å². The lowest BCUT2D eigenvalue weighted by Crippen LogP contribution is -1.96. The number of fused-ring (bicyclic) bond motifs is 2. The highest BCUT2D eigenvalue weighted by molar-refractivity contribution is 5.83. The van der Waals surface area contributed by atoms with Crippen LogP contribution in [-0.4, -0.2) is 36.3 Å². The minimum atomic E-state index is 0.282. The number of aromatic nitrogens is 4. The Morgan fingerprint density at radius 2 is 1.95 bits per heavy atom. The smallest absolute Gasteiger partial charge is 0.218 e. The maximum absolute atomic E-state index is 11.3. The van der Waals surface area contributed by atoms with Crippen LogP contribution in [0.4, 0.5) is 5.69 Å². The minimum absolute atomic E-state index is 0.282. The van der Waals surface area contributed by atoms with E-state index < -0.39 is 0 Å². The summed E-state index contributed by atoms with van der Waals surface area (Å²) in [6.07, 6.45) is 0. The van der Waals surface area contributed by atoms with E-state index in [-0.39, 0.29) is 5.82 Å². The quantitative estimate of drug-likeness (QED) is 0.195. The van der Waals surface area contributed by atoms with Crippen LogP contribution in [0, 0.1) is 5.21 Å². The van der Waals surface area contributed by atoms with Crippen molar-refractivity contribution in [1.82, 2.24) is 19.7 Å². The molecule has 0 fully saturated rings. The lowest BCUT2D eigenvalue weighted by molar-refractivity contribution is -0.349. The summed E-state index contributed by atoms with van der Waals surface area (Å²) in [5, 5.41) is 21.6. The fourth-order valence-electron chi connectivity index (χ4n) is 2.42. The molecule has 7 nitrogen and oxygen atoms in total. The average molecular weight is 293 g/mol. The van der Waals surface area contributed by atoms with Crippen LogP contribution in [0.2, 0.25) is 0 Å². The van der Waals surface area contributed by atoms with Gasteiger partial charge in [-0.25, -0.2) is 9.97 Å². The summed E-state index contributed by atoms with van der Waals surface area (Å²) in [6.45, 7) is 3.29. The van der Waals surface area contributed by atoms with Crippen molar-refractivity contribution in [2.24, 2.45) is 0 Å². The topological polar surface area (TPSA) is 92.8 Å². The Labute approximate surface area is 124 Å². The summed E-state index contributed by atoms with van der Waals surface area (Å²) in [5.74, 6) is 0.736. The average Bonchev–Trinajstić information content (AvgIpc) is 3.08. The molecule has 2 aromatic heterocycles. The van der Waals surface area contributed by atoms with Gasteiger partial charge in [-0.2, -0.15) is 9.47 Å². The SMILES string of the molecule is C=[N+]([O-])c1ccc2nc(-c3nc4ccccc4[nH]3)n(O)c2c1. The molecule has 4 rings (SSSR count). The van der Waals surface area contributed by atoms with Crippen molar-refractivity contribution in [1.29, 1.82) is 0 Å². The molecule has 0 saturated heterocycles. The number of para-hydroxylation sites is 2. The molecule has 0 aliphatic carbocycles. The van der Waals surface area contributed by atoms with Crippen molar-refractivity contribution in [2.45, 2.75) is 0 Å². The second-order valence-electron chi connectivity index (χ2n) is 4.90. The third-order valence-electron chi connectivity index (χ3n) is 3.50. The van der Waals surface area contributed by atoms with Crippen molar-refractivity contribution in [3.05, 3.63) is 47.7 Å². The molecule has 0 spiro atoms. The number of hydrogen-bond donors (Lipinski definition) is 2. The zero-order valence-electron chi connectivity index (χ0n) is 11.4. The zero-order chi connectivity index (χ0) is 15.3. The molecule has 0 bridgehead atoms. The van der Waals surface area contributed by atoms with Gasteiger partial charge in [-0.15, -0.1) is 0 Å². The molecule has 0 amide bonds. The van der Waals surface area contributed by atoms with Gasteiger partial charge in [0.15, 0.2) is 5.82 Å². The first kappa shape index (κ1) is 12.4. The van der Waals surface area contributed by atoms with Crippen molar-refractivity contribution in [3.8, 4) is 11.6 Å². The Balaban J connectivity index is 1.94. The summed E-state index contributed by atoms with van der Waals surface area (Å²) < 4.78 is 1.40. The highest BCUT2D eigenvalue weighted by atomic mass is 16.5. The Kier molecular flexibility index (Phi) is 2.43. The first-order valence-electron chi connectivity index (χ1n) is 6.58. The maximum Gasteiger partial charge on any atom is 0.218 e. The van der Waals surface area contributed by atoms with E-state index in [4.69, 9.17) is 0 Å². The van der Waals surface area contributed by atoms with E-state index in [0.29, 0.717) is 27.3 Å². The second kappa shape index (κ2) is 4.32. The van der Waals surface area contributed by atoms with Gasteiger partial charge >= 0.3 is 0 Å². The lowest BCUT2D eigenvalue weighted by Gasteiger charge is -2.00. The molecule has 2 N–H and O–H groups in total. The molecular formula is C15H11N5O2. The highest BCUT2D eigenvalue weighted by Gasteiger charge is 2.17. The van der Waals surface area contributed by atoms with E-state index in [1.807, 2.05) is 24.3 Å². The molecular weight excluding hydrogens is 282 g/mol. The summed E-state index contributed by atoms with van der Waals surface area (Å²) in [6, 6.07) is 12.3. The molecule has 2 aromatic carbocycles. The summed E-state index contributed by atoms with van der Waals surface area (Å²) >= 11 is 0. The fraction of sp³-hybridized carbons (Fsp3) is 0. The Bertz CT molecular complexity index is 998. The van der Waals surface area contributed by atoms with Crippen LogP contribution in [0.3, 0.4) is 0 Å². The number of H-pyrrole nitrogens is 1. The first-order chi connectivity index (χ1) is 10.6. The van der Waals surface area contributed by atoms with Crippen molar-refractivity contribution < 1.29 is 9.95 Å². The second-order valence-corrected chi connectivity index (χ2v) is 4.90. The minimum Gasteiger partial charge on any atom is -0.619 e. The van der Waals surface area contributed by atoms with E-state index >= 15 is 0 Å². The van der Waals surface area contributed by atoms with Gasteiger partial charge in [-0.05, 0) is 18.2 Å². The summed E-state index contributed by atoms with van der Waals surface area (Å²) in [7, 11) is 0. The molecule has 0 aliphatic heterocycles. The van der Waals surface area contributed by atoms with Gasteiger partial charge in [-0.3, -0.25) is 0 Å². The predicted molar refractivity (Wildman–Crippen MR) is 82.4 cm³/mol. The van der Waals surface area contributed by atoms with E-state index in [2.05, 4.69) is 21.7 Å². The molecule has 0 aliphatic rings.